The molecule has 0 aliphatic heterocycles. The summed E-state index contributed by atoms with van der Waals surface area (Å²) < 4.78 is 0. The molecule has 0 spiro atoms. The molecule has 0 unspecified atom stereocenters. The van der Waals surface area contributed by atoms with Crippen LogP contribution < -0.4 is 10.2 Å². The molecule has 0 aliphatic carbocycles. The third-order valence-corrected chi connectivity index (χ3v) is 4.36. The molecule has 0 aliphatic rings. The second-order valence-corrected chi connectivity index (χ2v) is 6.62. The molecule has 132 valence electrons. The molecule has 3 rings (SSSR count). The minimum Gasteiger partial charge on any atom is -0.369 e. The lowest BCUT2D eigenvalue weighted by atomic mass is 10.1. The number of amides is 1. The van der Waals surface area contributed by atoms with Crippen molar-refractivity contribution in [2.45, 2.75) is 13.5 Å². The standard InChI is InChI=1S/C21H20ClN3O/c1-15-10-18(22)8-9-20(15)24-21(26)17-11-19(13-23-12-17)25(2)14-16-6-4-3-5-7-16/h3-13H,14H2,1-2H3,(H,24,26). The van der Waals surface area contributed by atoms with Crippen LogP contribution in [0.1, 0.15) is 21.5 Å². The first-order valence-electron chi connectivity index (χ1n) is 8.30. The van der Waals surface area contributed by atoms with Gasteiger partial charge < -0.3 is 10.2 Å². The Labute approximate surface area is 158 Å². The van der Waals surface area contributed by atoms with Gasteiger partial charge in [-0.3, -0.25) is 9.78 Å². The van der Waals surface area contributed by atoms with Gasteiger partial charge in [-0.05, 0) is 42.3 Å². The fraction of sp³-hybridized carbons (Fsp3) is 0.143. The summed E-state index contributed by atoms with van der Waals surface area (Å²) in [6.07, 6.45) is 3.33. The van der Waals surface area contributed by atoms with Gasteiger partial charge in [-0.1, -0.05) is 41.9 Å². The summed E-state index contributed by atoms with van der Waals surface area (Å²) in [4.78, 5) is 18.9. The van der Waals surface area contributed by atoms with Crippen molar-refractivity contribution in [1.29, 1.82) is 0 Å². The molecule has 0 fully saturated rings. The van der Waals surface area contributed by atoms with E-state index in [0.717, 1.165) is 23.5 Å². The molecule has 3 aromatic rings. The molecule has 2 aromatic carbocycles. The van der Waals surface area contributed by atoms with Crippen LogP contribution in [0.2, 0.25) is 5.02 Å². The average molecular weight is 366 g/mol. The van der Waals surface area contributed by atoms with E-state index in [1.54, 1.807) is 24.5 Å². The monoisotopic (exact) mass is 365 g/mol. The summed E-state index contributed by atoms with van der Waals surface area (Å²) >= 11 is 5.96. The van der Waals surface area contributed by atoms with E-state index in [1.165, 1.54) is 5.56 Å². The summed E-state index contributed by atoms with van der Waals surface area (Å²) in [5.41, 5.74) is 4.24. The summed E-state index contributed by atoms with van der Waals surface area (Å²) in [5, 5.41) is 3.56. The molecule has 1 heterocycles. The smallest absolute Gasteiger partial charge is 0.257 e. The van der Waals surface area contributed by atoms with E-state index >= 15 is 0 Å². The quantitative estimate of drug-likeness (QED) is 0.697. The van der Waals surface area contributed by atoms with Crippen LogP contribution in [-0.2, 0) is 6.54 Å². The van der Waals surface area contributed by atoms with Crippen LogP contribution in [0.5, 0.6) is 0 Å². The minimum absolute atomic E-state index is 0.196. The molecule has 1 amide bonds. The third-order valence-electron chi connectivity index (χ3n) is 4.13. The topological polar surface area (TPSA) is 45.2 Å². The second-order valence-electron chi connectivity index (χ2n) is 6.19. The van der Waals surface area contributed by atoms with Crippen LogP contribution in [0.25, 0.3) is 0 Å². The highest BCUT2D eigenvalue weighted by molar-refractivity contribution is 6.30. The van der Waals surface area contributed by atoms with E-state index < -0.39 is 0 Å². The molecule has 0 saturated heterocycles. The number of rotatable bonds is 5. The Bertz CT molecular complexity index is 912. The molecule has 0 bridgehead atoms. The van der Waals surface area contributed by atoms with Crippen LogP contribution in [0, 0.1) is 6.92 Å². The van der Waals surface area contributed by atoms with Crippen LogP contribution in [0.15, 0.2) is 67.0 Å². The molecule has 1 aromatic heterocycles. The van der Waals surface area contributed by atoms with Gasteiger partial charge in [0.2, 0.25) is 0 Å². The van der Waals surface area contributed by atoms with Crippen molar-refractivity contribution >= 4 is 28.9 Å². The summed E-state index contributed by atoms with van der Waals surface area (Å²) in [7, 11) is 1.98. The number of hydrogen-bond donors (Lipinski definition) is 1. The molecule has 5 heteroatoms. The Kier molecular flexibility index (Phi) is 5.54. The van der Waals surface area contributed by atoms with Gasteiger partial charge in [0.05, 0.1) is 17.4 Å². The maximum atomic E-state index is 12.6. The number of nitrogens with zero attached hydrogens (tertiary/aromatic N) is 2. The largest absolute Gasteiger partial charge is 0.369 e. The normalized spacial score (nSPS) is 10.4. The molecule has 0 atom stereocenters. The Morgan fingerprint density at radius 1 is 1.12 bits per heavy atom. The molecule has 4 nitrogen and oxygen atoms in total. The summed E-state index contributed by atoms with van der Waals surface area (Å²) in [5.74, 6) is -0.196. The number of hydrogen-bond acceptors (Lipinski definition) is 3. The number of aromatic nitrogens is 1. The fourth-order valence-electron chi connectivity index (χ4n) is 2.67. The zero-order valence-electron chi connectivity index (χ0n) is 14.7. The van der Waals surface area contributed by atoms with Crippen molar-refractivity contribution in [1.82, 2.24) is 4.98 Å². The minimum atomic E-state index is -0.196. The van der Waals surface area contributed by atoms with Gasteiger partial charge in [0.25, 0.3) is 5.91 Å². The predicted molar refractivity (Wildman–Crippen MR) is 107 cm³/mol. The maximum Gasteiger partial charge on any atom is 0.257 e. The van der Waals surface area contributed by atoms with Gasteiger partial charge in [-0.2, -0.15) is 0 Å². The van der Waals surface area contributed by atoms with Crippen molar-refractivity contribution in [3.63, 3.8) is 0 Å². The Hall–Kier alpha value is -2.85. The van der Waals surface area contributed by atoms with Crippen molar-refractivity contribution in [3.05, 3.63) is 88.7 Å². The van der Waals surface area contributed by atoms with E-state index in [0.29, 0.717) is 10.6 Å². The first kappa shape index (κ1) is 18.0. The fourth-order valence-corrected chi connectivity index (χ4v) is 2.90. The molecular formula is C21H20ClN3O. The Morgan fingerprint density at radius 2 is 1.88 bits per heavy atom. The van der Waals surface area contributed by atoms with Gasteiger partial charge >= 0.3 is 0 Å². The van der Waals surface area contributed by atoms with E-state index in [9.17, 15) is 4.79 Å². The predicted octanol–water partition coefficient (Wildman–Crippen LogP) is 4.93. The van der Waals surface area contributed by atoms with E-state index in [1.807, 2.05) is 44.3 Å². The lowest BCUT2D eigenvalue weighted by Crippen LogP contribution is -2.18. The molecule has 0 radical (unpaired) electrons. The highest BCUT2D eigenvalue weighted by Crippen LogP contribution is 2.21. The number of aryl methyl sites for hydroxylation is 1. The van der Waals surface area contributed by atoms with Gasteiger partial charge in [0.1, 0.15) is 0 Å². The molecule has 1 N–H and O–H groups in total. The Balaban J connectivity index is 1.74. The van der Waals surface area contributed by atoms with Crippen LogP contribution >= 0.6 is 11.6 Å². The van der Waals surface area contributed by atoms with Gasteiger partial charge in [0.15, 0.2) is 0 Å². The molecule has 0 saturated carbocycles. The van der Waals surface area contributed by atoms with Gasteiger partial charge in [0, 0.05) is 30.5 Å². The summed E-state index contributed by atoms with van der Waals surface area (Å²) in [6.45, 7) is 2.65. The first-order valence-corrected chi connectivity index (χ1v) is 8.68. The van der Waals surface area contributed by atoms with E-state index in [4.69, 9.17) is 11.6 Å². The number of anilines is 2. The number of benzene rings is 2. The van der Waals surface area contributed by atoms with Crippen molar-refractivity contribution in [3.8, 4) is 0 Å². The molecular weight excluding hydrogens is 346 g/mol. The number of nitrogens with one attached hydrogen (secondary N) is 1. The van der Waals surface area contributed by atoms with Crippen LogP contribution in [0.4, 0.5) is 11.4 Å². The third kappa shape index (κ3) is 4.41. The van der Waals surface area contributed by atoms with Crippen LogP contribution in [-0.4, -0.2) is 17.9 Å². The number of pyridine rings is 1. The van der Waals surface area contributed by atoms with Crippen molar-refractivity contribution in [2.24, 2.45) is 0 Å². The highest BCUT2D eigenvalue weighted by Gasteiger charge is 2.11. The lowest BCUT2D eigenvalue weighted by Gasteiger charge is -2.19. The zero-order chi connectivity index (χ0) is 18.5. The number of halogens is 1. The number of carbonyl (C=O) groups excluding carboxylic acids is 1. The highest BCUT2D eigenvalue weighted by atomic mass is 35.5. The molecule has 26 heavy (non-hydrogen) atoms. The van der Waals surface area contributed by atoms with Gasteiger partial charge in [-0.15, -0.1) is 0 Å². The van der Waals surface area contributed by atoms with Crippen molar-refractivity contribution in [2.75, 3.05) is 17.3 Å². The van der Waals surface area contributed by atoms with Crippen LogP contribution in [0.3, 0.4) is 0 Å². The van der Waals surface area contributed by atoms with E-state index in [2.05, 4.69) is 27.3 Å². The maximum absolute atomic E-state index is 12.6. The van der Waals surface area contributed by atoms with Crippen molar-refractivity contribution < 1.29 is 4.79 Å². The second kappa shape index (κ2) is 8.02. The van der Waals surface area contributed by atoms with Gasteiger partial charge in [-0.25, -0.2) is 0 Å². The zero-order valence-corrected chi connectivity index (χ0v) is 15.5. The van der Waals surface area contributed by atoms with E-state index in [-0.39, 0.29) is 5.91 Å². The Morgan fingerprint density at radius 3 is 2.62 bits per heavy atom. The first-order chi connectivity index (χ1) is 12.5. The average Bonchev–Trinajstić information content (AvgIpc) is 2.65. The SMILES string of the molecule is Cc1cc(Cl)ccc1NC(=O)c1cncc(N(C)Cc2ccccc2)c1. The summed E-state index contributed by atoms with van der Waals surface area (Å²) in [6, 6.07) is 17.4. The lowest BCUT2D eigenvalue weighted by molar-refractivity contribution is 0.102. The number of carbonyl (C=O) groups is 1.